The molecular formula is C15H21BrN2O. The Morgan fingerprint density at radius 1 is 1.16 bits per heavy atom. The molecule has 1 aromatic carbocycles. The van der Waals surface area contributed by atoms with Crippen LogP contribution in [0.3, 0.4) is 0 Å². The van der Waals surface area contributed by atoms with Crippen molar-refractivity contribution in [1.82, 2.24) is 9.80 Å². The molecule has 0 atom stereocenters. The number of carbonyl (C=O) groups is 1. The summed E-state index contributed by atoms with van der Waals surface area (Å²) in [6.07, 6.45) is 1.60. The molecule has 1 aliphatic heterocycles. The molecule has 0 aliphatic carbocycles. The van der Waals surface area contributed by atoms with Gasteiger partial charge in [-0.25, -0.2) is 0 Å². The van der Waals surface area contributed by atoms with Crippen molar-refractivity contribution < 1.29 is 4.79 Å². The zero-order chi connectivity index (χ0) is 13.7. The van der Waals surface area contributed by atoms with Crippen LogP contribution in [0.4, 0.5) is 0 Å². The van der Waals surface area contributed by atoms with Crippen LogP contribution in [-0.4, -0.2) is 55.4 Å². The quantitative estimate of drug-likeness (QED) is 0.778. The van der Waals surface area contributed by atoms with Gasteiger partial charge in [-0.05, 0) is 32.1 Å². The van der Waals surface area contributed by atoms with E-state index in [2.05, 4.69) is 32.8 Å². The Kier molecular flexibility index (Phi) is 5.55. The number of Topliss-reactive ketones (excluding diaryl/α,β-unsaturated/α-hetero) is 1. The van der Waals surface area contributed by atoms with Crippen molar-refractivity contribution in [1.29, 1.82) is 0 Å². The zero-order valence-corrected chi connectivity index (χ0v) is 13.0. The summed E-state index contributed by atoms with van der Waals surface area (Å²) in [6, 6.07) is 7.63. The average Bonchev–Trinajstić information content (AvgIpc) is 2.41. The number of nitrogens with zero attached hydrogens (tertiary/aromatic N) is 2. The SMILES string of the molecule is CN1CCN(CCCC(=O)c2ccc(Br)cc2)CC1. The number of hydrogen-bond acceptors (Lipinski definition) is 3. The topological polar surface area (TPSA) is 23.6 Å². The Hall–Kier alpha value is -0.710. The van der Waals surface area contributed by atoms with Crippen LogP contribution in [0.2, 0.25) is 0 Å². The first-order valence-corrected chi connectivity index (χ1v) is 7.64. The highest BCUT2D eigenvalue weighted by Gasteiger charge is 2.13. The zero-order valence-electron chi connectivity index (χ0n) is 11.4. The van der Waals surface area contributed by atoms with Gasteiger partial charge in [0.2, 0.25) is 0 Å². The van der Waals surface area contributed by atoms with Gasteiger partial charge in [-0.3, -0.25) is 4.79 Å². The van der Waals surface area contributed by atoms with Crippen LogP contribution in [-0.2, 0) is 0 Å². The highest BCUT2D eigenvalue weighted by atomic mass is 79.9. The van der Waals surface area contributed by atoms with Crippen molar-refractivity contribution in [3.63, 3.8) is 0 Å². The van der Waals surface area contributed by atoms with Gasteiger partial charge in [0.15, 0.2) is 5.78 Å². The van der Waals surface area contributed by atoms with Gasteiger partial charge in [-0.15, -0.1) is 0 Å². The Labute approximate surface area is 123 Å². The van der Waals surface area contributed by atoms with E-state index in [1.54, 1.807) is 0 Å². The predicted molar refractivity (Wildman–Crippen MR) is 81.6 cm³/mol. The van der Waals surface area contributed by atoms with Gasteiger partial charge in [0.05, 0.1) is 0 Å². The predicted octanol–water partition coefficient (Wildman–Crippen LogP) is 2.66. The summed E-state index contributed by atoms with van der Waals surface area (Å²) >= 11 is 3.38. The van der Waals surface area contributed by atoms with Crippen LogP contribution in [0.5, 0.6) is 0 Å². The summed E-state index contributed by atoms with van der Waals surface area (Å²) in [7, 11) is 2.16. The van der Waals surface area contributed by atoms with Crippen LogP contribution in [0.1, 0.15) is 23.2 Å². The molecule has 0 spiro atoms. The average molecular weight is 325 g/mol. The van der Waals surface area contributed by atoms with E-state index in [-0.39, 0.29) is 5.78 Å². The smallest absolute Gasteiger partial charge is 0.162 e. The molecule has 0 bridgehead atoms. The van der Waals surface area contributed by atoms with Crippen molar-refractivity contribution in [3.05, 3.63) is 34.3 Å². The molecule has 0 amide bonds. The fourth-order valence-electron chi connectivity index (χ4n) is 2.31. The van der Waals surface area contributed by atoms with Crippen LogP contribution in [0.25, 0.3) is 0 Å². The molecule has 0 unspecified atom stereocenters. The highest BCUT2D eigenvalue weighted by molar-refractivity contribution is 9.10. The molecule has 2 rings (SSSR count). The third-order valence-electron chi connectivity index (χ3n) is 3.64. The minimum Gasteiger partial charge on any atom is -0.304 e. The lowest BCUT2D eigenvalue weighted by Crippen LogP contribution is -2.44. The number of likely N-dealkylation sites (N-methyl/N-ethyl adjacent to an activating group) is 1. The monoisotopic (exact) mass is 324 g/mol. The maximum Gasteiger partial charge on any atom is 0.162 e. The summed E-state index contributed by atoms with van der Waals surface area (Å²) in [6.45, 7) is 5.57. The van der Waals surface area contributed by atoms with Gasteiger partial charge in [-0.1, -0.05) is 28.1 Å². The van der Waals surface area contributed by atoms with Gasteiger partial charge in [0, 0.05) is 42.6 Å². The lowest BCUT2D eigenvalue weighted by Gasteiger charge is -2.32. The Morgan fingerprint density at radius 3 is 2.42 bits per heavy atom. The maximum absolute atomic E-state index is 12.0. The van der Waals surface area contributed by atoms with Crippen LogP contribution in [0.15, 0.2) is 28.7 Å². The van der Waals surface area contributed by atoms with Crippen LogP contribution >= 0.6 is 15.9 Å². The van der Waals surface area contributed by atoms with E-state index in [4.69, 9.17) is 0 Å². The van der Waals surface area contributed by atoms with E-state index in [1.165, 1.54) is 0 Å². The highest BCUT2D eigenvalue weighted by Crippen LogP contribution is 2.13. The lowest BCUT2D eigenvalue weighted by atomic mass is 10.1. The van der Waals surface area contributed by atoms with Crippen LogP contribution < -0.4 is 0 Å². The first-order chi connectivity index (χ1) is 9.15. The normalized spacial score (nSPS) is 17.6. The standard InChI is InChI=1S/C15H21BrN2O/c1-17-9-11-18(12-10-17)8-2-3-15(19)13-4-6-14(16)7-5-13/h4-7H,2-3,8-12H2,1H3. The molecular weight excluding hydrogens is 304 g/mol. The molecule has 1 aromatic rings. The molecule has 1 heterocycles. The summed E-state index contributed by atoms with van der Waals surface area (Å²) in [5.74, 6) is 0.252. The third kappa shape index (κ3) is 4.71. The molecule has 4 heteroatoms. The molecule has 1 aliphatic rings. The number of rotatable bonds is 5. The van der Waals surface area contributed by atoms with Crippen molar-refractivity contribution in [2.24, 2.45) is 0 Å². The van der Waals surface area contributed by atoms with Crippen LogP contribution in [0, 0.1) is 0 Å². The second-order valence-corrected chi connectivity index (χ2v) is 6.09. The second kappa shape index (κ2) is 7.17. The Bertz CT molecular complexity index is 411. The number of piperazine rings is 1. The molecule has 104 valence electrons. The molecule has 3 nitrogen and oxygen atoms in total. The van der Waals surface area contributed by atoms with Gasteiger partial charge in [0.25, 0.3) is 0 Å². The van der Waals surface area contributed by atoms with Gasteiger partial charge in [-0.2, -0.15) is 0 Å². The van der Waals surface area contributed by atoms with E-state index < -0.39 is 0 Å². The first-order valence-electron chi connectivity index (χ1n) is 6.85. The fraction of sp³-hybridized carbons (Fsp3) is 0.533. The molecule has 1 saturated heterocycles. The van der Waals surface area contributed by atoms with E-state index in [9.17, 15) is 4.79 Å². The van der Waals surface area contributed by atoms with Crippen molar-refractivity contribution >= 4 is 21.7 Å². The number of hydrogen-bond donors (Lipinski definition) is 0. The summed E-state index contributed by atoms with van der Waals surface area (Å²) < 4.78 is 1.02. The van der Waals surface area contributed by atoms with E-state index in [0.717, 1.165) is 49.2 Å². The molecule has 0 aromatic heterocycles. The number of ketones is 1. The second-order valence-electron chi connectivity index (χ2n) is 5.18. The summed E-state index contributed by atoms with van der Waals surface area (Å²) in [5.41, 5.74) is 0.821. The minimum absolute atomic E-state index is 0.252. The van der Waals surface area contributed by atoms with Gasteiger partial charge >= 0.3 is 0 Å². The van der Waals surface area contributed by atoms with Crippen molar-refractivity contribution in [2.45, 2.75) is 12.8 Å². The van der Waals surface area contributed by atoms with E-state index in [1.807, 2.05) is 24.3 Å². The van der Waals surface area contributed by atoms with E-state index in [0.29, 0.717) is 6.42 Å². The molecule has 0 N–H and O–H groups in total. The molecule has 1 fully saturated rings. The van der Waals surface area contributed by atoms with Gasteiger partial charge < -0.3 is 9.80 Å². The third-order valence-corrected chi connectivity index (χ3v) is 4.17. The Balaban J connectivity index is 1.70. The molecule has 0 radical (unpaired) electrons. The molecule has 0 saturated carbocycles. The summed E-state index contributed by atoms with van der Waals surface area (Å²) in [5, 5.41) is 0. The summed E-state index contributed by atoms with van der Waals surface area (Å²) in [4.78, 5) is 16.8. The fourth-order valence-corrected chi connectivity index (χ4v) is 2.58. The number of carbonyl (C=O) groups excluding carboxylic acids is 1. The number of benzene rings is 1. The lowest BCUT2D eigenvalue weighted by molar-refractivity contribution is 0.0967. The number of halogens is 1. The van der Waals surface area contributed by atoms with Gasteiger partial charge in [0.1, 0.15) is 0 Å². The Morgan fingerprint density at radius 2 is 1.79 bits per heavy atom. The van der Waals surface area contributed by atoms with Crippen molar-refractivity contribution in [2.75, 3.05) is 39.8 Å². The minimum atomic E-state index is 0.252. The molecule has 19 heavy (non-hydrogen) atoms. The van der Waals surface area contributed by atoms with E-state index >= 15 is 0 Å². The van der Waals surface area contributed by atoms with Crippen molar-refractivity contribution in [3.8, 4) is 0 Å². The largest absolute Gasteiger partial charge is 0.304 e. The maximum atomic E-state index is 12.0. The first kappa shape index (κ1) is 14.7.